The van der Waals surface area contributed by atoms with Crippen LogP contribution >= 0.6 is 11.8 Å². The van der Waals surface area contributed by atoms with Crippen molar-refractivity contribution in [3.05, 3.63) is 71.5 Å². The van der Waals surface area contributed by atoms with Crippen LogP contribution in [0.4, 0.5) is 4.39 Å². The molecule has 0 bridgehead atoms. The Morgan fingerprint density at radius 1 is 1.06 bits per heavy atom. The number of rotatable bonds is 6. The van der Waals surface area contributed by atoms with Crippen LogP contribution in [0.1, 0.15) is 42.6 Å². The second-order valence-electron chi connectivity index (χ2n) is 9.25. The summed E-state index contributed by atoms with van der Waals surface area (Å²) in [5, 5.41) is 3.14. The SMILES string of the molecule is CC(C)C1SCC(C(=O)NC2CCN(Cc3ccccc3)CC2)N1C(=O)c1ccc(F)cc1. The minimum absolute atomic E-state index is 0.0778. The molecular formula is C26H32FN3O2S. The van der Waals surface area contributed by atoms with Gasteiger partial charge in [-0.15, -0.1) is 11.8 Å². The zero-order valence-electron chi connectivity index (χ0n) is 19.2. The lowest BCUT2D eigenvalue weighted by Crippen LogP contribution is -2.54. The number of hydrogen-bond donors (Lipinski definition) is 1. The first kappa shape index (κ1) is 23.8. The van der Waals surface area contributed by atoms with E-state index in [9.17, 15) is 14.0 Å². The largest absolute Gasteiger partial charge is 0.351 e. The molecule has 0 saturated carbocycles. The topological polar surface area (TPSA) is 52.7 Å². The van der Waals surface area contributed by atoms with Crippen molar-refractivity contribution in [3.8, 4) is 0 Å². The Morgan fingerprint density at radius 2 is 1.73 bits per heavy atom. The number of hydrogen-bond acceptors (Lipinski definition) is 4. The maximum atomic E-state index is 13.4. The maximum Gasteiger partial charge on any atom is 0.255 e. The first-order valence-electron chi connectivity index (χ1n) is 11.7. The van der Waals surface area contributed by atoms with Gasteiger partial charge in [-0.3, -0.25) is 14.5 Å². The quantitative estimate of drug-likeness (QED) is 0.691. The molecule has 2 amide bonds. The summed E-state index contributed by atoms with van der Waals surface area (Å²) >= 11 is 1.65. The molecule has 4 rings (SSSR count). The smallest absolute Gasteiger partial charge is 0.255 e. The van der Waals surface area contributed by atoms with Crippen LogP contribution in [-0.4, -0.2) is 57.9 Å². The Labute approximate surface area is 199 Å². The fourth-order valence-corrected chi connectivity index (χ4v) is 6.10. The molecule has 2 aromatic rings. The number of nitrogens with zero attached hydrogens (tertiary/aromatic N) is 2. The number of carbonyl (C=O) groups excluding carboxylic acids is 2. The van der Waals surface area contributed by atoms with Gasteiger partial charge in [0.25, 0.3) is 5.91 Å². The molecule has 7 heteroatoms. The average Bonchev–Trinajstić information content (AvgIpc) is 3.27. The Morgan fingerprint density at radius 3 is 2.36 bits per heavy atom. The highest BCUT2D eigenvalue weighted by atomic mass is 32.2. The number of thioether (sulfide) groups is 1. The van der Waals surface area contributed by atoms with Gasteiger partial charge in [-0.2, -0.15) is 0 Å². The van der Waals surface area contributed by atoms with Gasteiger partial charge in [0.1, 0.15) is 11.9 Å². The highest BCUT2D eigenvalue weighted by Gasteiger charge is 2.43. The van der Waals surface area contributed by atoms with E-state index in [2.05, 4.69) is 48.3 Å². The van der Waals surface area contributed by atoms with Gasteiger partial charge < -0.3 is 10.2 Å². The van der Waals surface area contributed by atoms with Gasteiger partial charge in [-0.1, -0.05) is 44.2 Å². The molecule has 2 aromatic carbocycles. The van der Waals surface area contributed by atoms with Crippen LogP contribution in [0.15, 0.2) is 54.6 Å². The summed E-state index contributed by atoms with van der Waals surface area (Å²) in [7, 11) is 0. The third-order valence-corrected chi connectivity index (χ3v) is 8.04. The standard InChI is InChI=1S/C26H32FN3O2S/c1-18(2)26-30(25(32)20-8-10-21(27)11-9-20)23(17-33-26)24(31)28-22-12-14-29(15-13-22)16-19-6-4-3-5-7-19/h3-11,18,22-23,26H,12-17H2,1-2H3,(H,28,31). The molecule has 2 aliphatic heterocycles. The van der Waals surface area contributed by atoms with E-state index in [4.69, 9.17) is 0 Å². The fraction of sp³-hybridized carbons (Fsp3) is 0.462. The Kier molecular flexibility index (Phi) is 7.71. The zero-order chi connectivity index (χ0) is 23.4. The van der Waals surface area contributed by atoms with E-state index < -0.39 is 6.04 Å². The second kappa shape index (κ2) is 10.7. The molecule has 2 unspecified atom stereocenters. The van der Waals surface area contributed by atoms with Gasteiger partial charge in [0.05, 0.1) is 5.37 Å². The van der Waals surface area contributed by atoms with E-state index in [1.54, 1.807) is 16.7 Å². The Hall–Kier alpha value is -2.38. The van der Waals surface area contributed by atoms with Crippen molar-refractivity contribution in [2.24, 2.45) is 5.92 Å². The second-order valence-corrected chi connectivity index (χ2v) is 10.4. The van der Waals surface area contributed by atoms with Gasteiger partial charge >= 0.3 is 0 Å². The van der Waals surface area contributed by atoms with Crippen LogP contribution in [0, 0.1) is 11.7 Å². The highest BCUT2D eigenvalue weighted by Crippen LogP contribution is 2.35. The predicted octanol–water partition coefficient (Wildman–Crippen LogP) is 4.15. The number of amides is 2. The van der Waals surface area contributed by atoms with Crippen molar-refractivity contribution in [2.75, 3.05) is 18.8 Å². The normalized spacial score (nSPS) is 22.0. The van der Waals surface area contributed by atoms with Crippen molar-refractivity contribution in [3.63, 3.8) is 0 Å². The zero-order valence-corrected chi connectivity index (χ0v) is 20.1. The molecule has 2 fully saturated rings. The Bertz CT molecular complexity index is 946. The fourth-order valence-electron chi connectivity index (χ4n) is 4.62. The lowest BCUT2D eigenvalue weighted by molar-refractivity contribution is -0.126. The lowest BCUT2D eigenvalue weighted by Gasteiger charge is -2.35. The van der Waals surface area contributed by atoms with Crippen molar-refractivity contribution in [1.82, 2.24) is 15.1 Å². The van der Waals surface area contributed by atoms with Crippen LogP contribution in [-0.2, 0) is 11.3 Å². The molecule has 2 atom stereocenters. The highest BCUT2D eigenvalue weighted by molar-refractivity contribution is 8.00. The van der Waals surface area contributed by atoms with Gasteiger partial charge in [-0.05, 0) is 48.6 Å². The molecule has 2 aliphatic rings. The van der Waals surface area contributed by atoms with Crippen LogP contribution < -0.4 is 5.32 Å². The third kappa shape index (κ3) is 5.76. The molecule has 176 valence electrons. The lowest BCUT2D eigenvalue weighted by atomic mass is 10.0. The molecule has 2 heterocycles. The molecule has 33 heavy (non-hydrogen) atoms. The van der Waals surface area contributed by atoms with Gasteiger partial charge in [0.15, 0.2) is 0 Å². The third-order valence-electron chi connectivity index (χ3n) is 6.42. The molecule has 0 spiro atoms. The number of likely N-dealkylation sites (tertiary alicyclic amines) is 1. The first-order valence-corrected chi connectivity index (χ1v) is 12.7. The van der Waals surface area contributed by atoms with E-state index in [0.717, 1.165) is 32.5 Å². The van der Waals surface area contributed by atoms with E-state index in [1.807, 2.05) is 6.07 Å². The summed E-state index contributed by atoms with van der Waals surface area (Å²) < 4.78 is 13.4. The van der Waals surface area contributed by atoms with Crippen LogP contribution in [0.2, 0.25) is 0 Å². The summed E-state index contributed by atoms with van der Waals surface area (Å²) in [6, 6.07) is 15.6. The number of piperidine rings is 1. The van der Waals surface area contributed by atoms with Crippen molar-refractivity contribution >= 4 is 23.6 Å². The minimum atomic E-state index is -0.512. The molecule has 0 aliphatic carbocycles. The molecule has 2 saturated heterocycles. The first-order chi connectivity index (χ1) is 15.9. The van der Waals surface area contributed by atoms with Crippen LogP contribution in [0.25, 0.3) is 0 Å². The number of carbonyl (C=O) groups is 2. The predicted molar refractivity (Wildman–Crippen MR) is 130 cm³/mol. The summed E-state index contributed by atoms with van der Waals surface area (Å²) in [5.74, 6) is 0.113. The molecule has 1 N–H and O–H groups in total. The van der Waals surface area contributed by atoms with Crippen LogP contribution in [0.3, 0.4) is 0 Å². The molecule has 5 nitrogen and oxygen atoms in total. The van der Waals surface area contributed by atoms with E-state index in [-0.39, 0.29) is 35.0 Å². The molecular weight excluding hydrogens is 437 g/mol. The summed E-state index contributed by atoms with van der Waals surface area (Å²) in [6.07, 6.45) is 1.80. The van der Waals surface area contributed by atoms with E-state index >= 15 is 0 Å². The summed E-state index contributed by atoms with van der Waals surface area (Å²) in [5.41, 5.74) is 1.72. The average molecular weight is 470 g/mol. The van der Waals surface area contributed by atoms with Gasteiger partial charge in [0, 0.05) is 37.0 Å². The number of benzene rings is 2. The molecule has 0 radical (unpaired) electrons. The van der Waals surface area contributed by atoms with Crippen molar-refractivity contribution in [1.29, 1.82) is 0 Å². The van der Waals surface area contributed by atoms with E-state index in [1.165, 1.54) is 29.8 Å². The van der Waals surface area contributed by atoms with Gasteiger partial charge in [-0.25, -0.2) is 4.39 Å². The Balaban J connectivity index is 1.37. The monoisotopic (exact) mass is 469 g/mol. The number of halogens is 1. The summed E-state index contributed by atoms with van der Waals surface area (Å²) in [6.45, 7) is 6.92. The van der Waals surface area contributed by atoms with Crippen molar-refractivity contribution in [2.45, 2.75) is 50.7 Å². The number of nitrogens with one attached hydrogen (secondary N) is 1. The van der Waals surface area contributed by atoms with Crippen molar-refractivity contribution < 1.29 is 14.0 Å². The maximum absolute atomic E-state index is 13.4. The van der Waals surface area contributed by atoms with Crippen LogP contribution in [0.5, 0.6) is 0 Å². The van der Waals surface area contributed by atoms with E-state index in [0.29, 0.717) is 11.3 Å². The summed E-state index contributed by atoms with van der Waals surface area (Å²) in [4.78, 5) is 30.7. The molecule has 0 aromatic heterocycles. The minimum Gasteiger partial charge on any atom is -0.351 e. The van der Waals surface area contributed by atoms with Gasteiger partial charge in [0.2, 0.25) is 5.91 Å².